The monoisotopic (exact) mass is 441 g/mol. The van der Waals surface area contributed by atoms with Crippen LogP contribution in [0.4, 0.5) is 0 Å². The smallest absolute Gasteiger partial charge is 0.262 e. The van der Waals surface area contributed by atoms with Gasteiger partial charge in [0.15, 0.2) is 5.16 Å². The number of fused-ring (bicyclic) bond motifs is 1. The molecular weight excluding hydrogens is 418 g/mol. The van der Waals surface area contributed by atoms with E-state index in [2.05, 4.69) is 5.32 Å². The molecule has 1 aliphatic carbocycles. The average molecular weight is 442 g/mol. The lowest BCUT2D eigenvalue weighted by Crippen LogP contribution is -2.31. The molecule has 1 unspecified atom stereocenters. The third-order valence-corrected chi connectivity index (χ3v) is 6.74. The Kier molecular flexibility index (Phi) is 5.77. The molecule has 1 aromatic heterocycles. The lowest BCUT2D eigenvalue weighted by molar-refractivity contribution is -0.120. The number of hydrogen-bond donors (Lipinski definition) is 1. The largest absolute Gasteiger partial charge is 0.352 e. The summed E-state index contributed by atoms with van der Waals surface area (Å²) >= 11 is 1.33. The Morgan fingerprint density at radius 3 is 2.34 bits per heavy atom. The van der Waals surface area contributed by atoms with Crippen molar-refractivity contribution in [1.82, 2.24) is 14.9 Å². The van der Waals surface area contributed by atoms with Crippen molar-refractivity contribution in [2.24, 2.45) is 0 Å². The molecule has 4 aromatic rings. The maximum Gasteiger partial charge on any atom is 0.262 e. The topological polar surface area (TPSA) is 64.0 Å². The van der Waals surface area contributed by atoms with Crippen molar-refractivity contribution in [3.05, 3.63) is 106 Å². The lowest BCUT2D eigenvalue weighted by Gasteiger charge is -2.19. The molecule has 5 nitrogen and oxygen atoms in total. The summed E-state index contributed by atoms with van der Waals surface area (Å²) in [4.78, 5) is 31.4. The van der Waals surface area contributed by atoms with Gasteiger partial charge in [-0.1, -0.05) is 84.6 Å². The van der Waals surface area contributed by atoms with Gasteiger partial charge in [-0.3, -0.25) is 14.2 Å². The van der Waals surface area contributed by atoms with Crippen molar-refractivity contribution >= 4 is 28.6 Å². The normalized spacial score (nSPS) is 14.2. The number of nitrogens with one attached hydrogen (secondary N) is 1. The Balaban J connectivity index is 1.59. The summed E-state index contributed by atoms with van der Waals surface area (Å²) in [7, 11) is 0. The molecule has 1 N–H and O–H groups in total. The fourth-order valence-electron chi connectivity index (χ4n) is 3.65. The maximum absolute atomic E-state index is 13.4. The Bertz CT molecular complexity index is 1300. The molecule has 1 atom stereocenters. The van der Waals surface area contributed by atoms with E-state index >= 15 is 0 Å². The molecule has 6 heteroatoms. The maximum atomic E-state index is 13.4. The second kappa shape index (κ2) is 9.01. The van der Waals surface area contributed by atoms with Gasteiger partial charge in [0.05, 0.1) is 17.4 Å². The summed E-state index contributed by atoms with van der Waals surface area (Å²) in [5, 5.41) is 3.74. The van der Waals surface area contributed by atoms with Crippen molar-refractivity contribution in [1.29, 1.82) is 0 Å². The van der Waals surface area contributed by atoms with Crippen LogP contribution in [0.15, 0.2) is 94.9 Å². The average Bonchev–Trinajstić information content (AvgIpc) is 3.65. The first kappa shape index (κ1) is 20.5. The molecular formula is C26H23N3O2S. The van der Waals surface area contributed by atoms with Crippen molar-refractivity contribution in [2.75, 3.05) is 0 Å². The van der Waals surface area contributed by atoms with Crippen molar-refractivity contribution < 1.29 is 4.79 Å². The summed E-state index contributed by atoms with van der Waals surface area (Å²) in [6, 6.07) is 27.2. The van der Waals surface area contributed by atoms with E-state index in [1.165, 1.54) is 11.8 Å². The van der Waals surface area contributed by atoms with Crippen LogP contribution in [0.25, 0.3) is 10.9 Å². The number of benzene rings is 3. The minimum Gasteiger partial charge on any atom is -0.352 e. The molecule has 0 radical (unpaired) electrons. The summed E-state index contributed by atoms with van der Waals surface area (Å²) in [5.74, 6) is -0.0441. The number of hydrogen-bond acceptors (Lipinski definition) is 4. The van der Waals surface area contributed by atoms with Gasteiger partial charge in [0.25, 0.3) is 5.56 Å². The molecule has 1 amide bonds. The molecule has 0 aliphatic heterocycles. The quantitative estimate of drug-likeness (QED) is 0.337. The molecule has 5 rings (SSSR count). The van der Waals surface area contributed by atoms with Gasteiger partial charge >= 0.3 is 0 Å². The van der Waals surface area contributed by atoms with Gasteiger partial charge in [0.1, 0.15) is 5.25 Å². The van der Waals surface area contributed by atoms with E-state index in [9.17, 15) is 9.59 Å². The Morgan fingerprint density at radius 1 is 0.969 bits per heavy atom. The van der Waals surface area contributed by atoms with E-state index in [0.29, 0.717) is 22.6 Å². The van der Waals surface area contributed by atoms with Crippen molar-refractivity contribution in [3.8, 4) is 0 Å². The number of carbonyl (C=O) groups is 1. The number of amides is 1. The predicted octanol–water partition coefficient (Wildman–Crippen LogP) is 4.56. The third-order valence-electron chi connectivity index (χ3n) is 5.50. The standard InChI is InChI=1S/C26H23N3O2S/c30-24(27-20-15-16-20)23(19-11-5-2-6-12-19)32-26-28-22-14-8-7-13-21(22)25(31)29(26)17-18-9-3-1-4-10-18/h1-14,20,23H,15-17H2,(H,27,30). The highest BCUT2D eigenvalue weighted by Gasteiger charge is 2.30. The number of para-hydroxylation sites is 1. The van der Waals surface area contributed by atoms with Gasteiger partial charge in [0.2, 0.25) is 5.91 Å². The molecule has 3 aromatic carbocycles. The lowest BCUT2D eigenvalue weighted by atomic mass is 10.1. The molecule has 0 spiro atoms. The SMILES string of the molecule is O=C(NC1CC1)C(Sc1nc2ccccc2c(=O)n1Cc1ccccc1)c1ccccc1. The first-order valence-electron chi connectivity index (χ1n) is 10.7. The van der Waals surface area contributed by atoms with Crippen LogP contribution in [0.1, 0.15) is 29.2 Å². The highest BCUT2D eigenvalue weighted by Crippen LogP contribution is 2.36. The number of thioether (sulfide) groups is 1. The first-order chi connectivity index (χ1) is 15.7. The summed E-state index contributed by atoms with van der Waals surface area (Å²) in [6.45, 7) is 0.394. The van der Waals surface area contributed by atoms with Crippen LogP contribution >= 0.6 is 11.8 Å². The number of aromatic nitrogens is 2. The highest BCUT2D eigenvalue weighted by molar-refractivity contribution is 8.00. The molecule has 0 bridgehead atoms. The van der Waals surface area contributed by atoms with Gasteiger partial charge in [-0.15, -0.1) is 0 Å². The molecule has 1 aliphatic rings. The van der Waals surface area contributed by atoms with Crippen LogP contribution in [-0.4, -0.2) is 21.5 Å². The Hall–Kier alpha value is -3.38. The Morgan fingerprint density at radius 2 is 1.62 bits per heavy atom. The fourth-order valence-corrected chi connectivity index (χ4v) is 4.76. The summed E-state index contributed by atoms with van der Waals surface area (Å²) in [6.07, 6.45) is 2.04. The second-order valence-electron chi connectivity index (χ2n) is 7.98. The third kappa shape index (κ3) is 4.46. The Labute approximate surface area is 190 Å². The minimum absolute atomic E-state index is 0.0441. The second-order valence-corrected chi connectivity index (χ2v) is 9.05. The molecule has 0 saturated heterocycles. The first-order valence-corrected chi connectivity index (χ1v) is 11.6. The zero-order chi connectivity index (χ0) is 21.9. The van der Waals surface area contributed by atoms with E-state index in [1.54, 1.807) is 10.6 Å². The molecule has 1 heterocycles. The van der Waals surface area contributed by atoms with E-state index < -0.39 is 5.25 Å². The van der Waals surface area contributed by atoms with Gasteiger partial charge in [0, 0.05) is 6.04 Å². The van der Waals surface area contributed by atoms with Crippen LogP contribution in [0.2, 0.25) is 0 Å². The van der Waals surface area contributed by atoms with Crippen LogP contribution in [0.5, 0.6) is 0 Å². The van der Waals surface area contributed by atoms with Gasteiger partial charge in [-0.25, -0.2) is 4.98 Å². The zero-order valence-electron chi connectivity index (χ0n) is 17.5. The van der Waals surface area contributed by atoms with E-state index in [0.717, 1.165) is 24.0 Å². The van der Waals surface area contributed by atoms with Crippen LogP contribution < -0.4 is 10.9 Å². The van der Waals surface area contributed by atoms with Crippen LogP contribution in [0.3, 0.4) is 0 Å². The number of nitrogens with zero attached hydrogens (tertiary/aromatic N) is 2. The van der Waals surface area contributed by atoms with E-state index in [1.807, 2.05) is 78.9 Å². The molecule has 160 valence electrons. The number of carbonyl (C=O) groups excluding carboxylic acids is 1. The van der Waals surface area contributed by atoms with Gasteiger partial charge < -0.3 is 5.32 Å². The molecule has 1 saturated carbocycles. The fraction of sp³-hybridized carbons (Fsp3) is 0.192. The number of rotatable bonds is 7. The van der Waals surface area contributed by atoms with Crippen LogP contribution in [-0.2, 0) is 11.3 Å². The van der Waals surface area contributed by atoms with E-state index in [4.69, 9.17) is 4.98 Å². The minimum atomic E-state index is -0.494. The zero-order valence-corrected chi connectivity index (χ0v) is 18.3. The van der Waals surface area contributed by atoms with Crippen LogP contribution in [0, 0.1) is 0 Å². The van der Waals surface area contributed by atoms with Crippen molar-refractivity contribution in [2.45, 2.75) is 35.8 Å². The van der Waals surface area contributed by atoms with E-state index in [-0.39, 0.29) is 17.5 Å². The highest BCUT2D eigenvalue weighted by atomic mass is 32.2. The predicted molar refractivity (Wildman–Crippen MR) is 128 cm³/mol. The van der Waals surface area contributed by atoms with Gasteiger partial charge in [-0.2, -0.15) is 0 Å². The summed E-state index contributed by atoms with van der Waals surface area (Å²) < 4.78 is 1.68. The molecule has 1 fully saturated rings. The molecule has 32 heavy (non-hydrogen) atoms. The van der Waals surface area contributed by atoms with Crippen molar-refractivity contribution in [3.63, 3.8) is 0 Å². The van der Waals surface area contributed by atoms with Gasteiger partial charge in [-0.05, 0) is 36.1 Å². The summed E-state index contributed by atoms with van der Waals surface area (Å²) in [5.41, 5.74) is 2.44.